The molecule has 0 aromatic heterocycles. The number of aliphatic carboxylic acids is 1. The smallest absolute Gasteiger partial charge is 0.338 e. The Morgan fingerprint density at radius 1 is 1.03 bits per heavy atom. The summed E-state index contributed by atoms with van der Waals surface area (Å²) in [6.45, 7) is 1.26. The standard InChI is InChI=1S/C21H28O10/c1-14(31-21(28)16-6-4-5-15(11-16)20(26)27)9-10-29-17(12-22)13-30-19(25)8-3-2-7-18(23)24/h4-6,11,14,17,22H,2-3,7-10,12-13H2,1H3,(H,23,24)(H,26,27). The molecule has 1 aromatic rings. The van der Waals surface area contributed by atoms with Crippen LogP contribution in [0.2, 0.25) is 0 Å². The van der Waals surface area contributed by atoms with E-state index in [9.17, 15) is 24.3 Å². The average molecular weight is 440 g/mol. The highest BCUT2D eigenvalue weighted by atomic mass is 16.6. The summed E-state index contributed by atoms with van der Waals surface area (Å²) < 4.78 is 15.7. The first-order valence-electron chi connectivity index (χ1n) is 9.87. The number of benzene rings is 1. The van der Waals surface area contributed by atoms with Crippen LogP contribution in [0.4, 0.5) is 0 Å². The molecule has 0 amide bonds. The van der Waals surface area contributed by atoms with Crippen molar-refractivity contribution >= 4 is 23.9 Å². The maximum atomic E-state index is 12.1. The summed E-state index contributed by atoms with van der Waals surface area (Å²) in [5.74, 6) is -3.23. The monoisotopic (exact) mass is 440 g/mol. The number of carbonyl (C=O) groups is 4. The quantitative estimate of drug-likeness (QED) is 0.272. The van der Waals surface area contributed by atoms with Gasteiger partial charge in [0.2, 0.25) is 0 Å². The number of rotatable bonds is 15. The second-order valence-electron chi connectivity index (χ2n) is 6.85. The van der Waals surface area contributed by atoms with Crippen LogP contribution < -0.4 is 0 Å². The SMILES string of the molecule is CC(CCOC(CO)COC(=O)CCCCC(=O)O)OC(=O)c1cccc(C(=O)O)c1. The van der Waals surface area contributed by atoms with Crippen LogP contribution >= 0.6 is 0 Å². The van der Waals surface area contributed by atoms with Gasteiger partial charge in [-0.15, -0.1) is 0 Å². The Labute approximate surface area is 179 Å². The topological polar surface area (TPSA) is 157 Å². The minimum absolute atomic E-state index is 0.0105. The van der Waals surface area contributed by atoms with E-state index in [1.165, 1.54) is 24.3 Å². The lowest BCUT2D eigenvalue weighted by atomic mass is 10.1. The third-order valence-electron chi connectivity index (χ3n) is 4.19. The largest absolute Gasteiger partial charge is 0.481 e. The molecule has 172 valence electrons. The number of carboxylic acid groups (broad SMARTS) is 2. The number of ether oxygens (including phenoxy) is 3. The highest BCUT2D eigenvalue weighted by Crippen LogP contribution is 2.10. The normalized spacial score (nSPS) is 12.6. The Morgan fingerprint density at radius 3 is 2.35 bits per heavy atom. The van der Waals surface area contributed by atoms with Gasteiger partial charge in [-0.2, -0.15) is 0 Å². The highest BCUT2D eigenvalue weighted by Gasteiger charge is 2.16. The summed E-state index contributed by atoms with van der Waals surface area (Å²) >= 11 is 0. The van der Waals surface area contributed by atoms with Crippen molar-refractivity contribution < 1.29 is 48.7 Å². The Morgan fingerprint density at radius 2 is 1.71 bits per heavy atom. The van der Waals surface area contributed by atoms with Crippen molar-refractivity contribution in [1.82, 2.24) is 0 Å². The molecule has 2 unspecified atom stereocenters. The van der Waals surface area contributed by atoms with Gasteiger partial charge in [0.1, 0.15) is 18.8 Å². The maximum absolute atomic E-state index is 12.1. The molecule has 0 bridgehead atoms. The third-order valence-corrected chi connectivity index (χ3v) is 4.19. The minimum atomic E-state index is -1.15. The van der Waals surface area contributed by atoms with E-state index in [-0.39, 0.29) is 43.8 Å². The van der Waals surface area contributed by atoms with Crippen LogP contribution in [0.15, 0.2) is 24.3 Å². The van der Waals surface area contributed by atoms with Gasteiger partial charge >= 0.3 is 23.9 Å². The number of aliphatic hydroxyl groups is 1. The molecule has 0 fully saturated rings. The molecule has 10 nitrogen and oxygen atoms in total. The summed E-state index contributed by atoms with van der Waals surface area (Å²) in [4.78, 5) is 45.1. The number of carboxylic acids is 2. The summed E-state index contributed by atoms with van der Waals surface area (Å²) in [7, 11) is 0. The predicted molar refractivity (Wildman–Crippen MR) is 107 cm³/mol. The molecule has 2 atom stereocenters. The highest BCUT2D eigenvalue weighted by molar-refractivity contribution is 5.94. The van der Waals surface area contributed by atoms with Gasteiger partial charge in [-0.1, -0.05) is 6.07 Å². The summed E-state index contributed by atoms with van der Waals surface area (Å²) in [5, 5.41) is 26.8. The number of unbranched alkanes of at least 4 members (excludes halogenated alkanes) is 1. The molecule has 1 rings (SSSR count). The Hall–Kier alpha value is -2.98. The molecule has 0 heterocycles. The molecule has 31 heavy (non-hydrogen) atoms. The summed E-state index contributed by atoms with van der Waals surface area (Å²) in [6.07, 6.45) is -0.111. The maximum Gasteiger partial charge on any atom is 0.338 e. The number of carbonyl (C=O) groups excluding carboxylic acids is 2. The molecule has 0 aliphatic heterocycles. The van der Waals surface area contributed by atoms with Crippen LogP contribution in [0.1, 0.15) is 59.7 Å². The van der Waals surface area contributed by atoms with Gasteiger partial charge in [-0.25, -0.2) is 9.59 Å². The molecule has 3 N–H and O–H groups in total. The molecule has 0 radical (unpaired) electrons. The van der Waals surface area contributed by atoms with Gasteiger partial charge in [0.15, 0.2) is 0 Å². The number of esters is 2. The molecule has 0 aliphatic carbocycles. The Kier molecular flexibility index (Phi) is 11.9. The first kappa shape index (κ1) is 26.1. The molecular weight excluding hydrogens is 412 g/mol. The lowest BCUT2D eigenvalue weighted by molar-refractivity contribution is -0.149. The second kappa shape index (κ2) is 14.1. The van der Waals surface area contributed by atoms with Crippen LogP contribution in [-0.4, -0.2) is 71.2 Å². The van der Waals surface area contributed by atoms with E-state index < -0.39 is 36.1 Å². The van der Waals surface area contributed by atoms with Crippen LogP contribution in [-0.2, 0) is 23.8 Å². The molecule has 1 aromatic carbocycles. The van der Waals surface area contributed by atoms with Crippen molar-refractivity contribution in [3.05, 3.63) is 35.4 Å². The predicted octanol–water partition coefficient (Wildman–Crippen LogP) is 1.89. The van der Waals surface area contributed by atoms with E-state index in [1.54, 1.807) is 6.92 Å². The van der Waals surface area contributed by atoms with Crippen molar-refractivity contribution in [2.24, 2.45) is 0 Å². The van der Waals surface area contributed by atoms with E-state index in [2.05, 4.69) is 0 Å². The zero-order chi connectivity index (χ0) is 23.2. The molecule has 0 saturated heterocycles. The van der Waals surface area contributed by atoms with Crippen molar-refractivity contribution in [3.8, 4) is 0 Å². The van der Waals surface area contributed by atoms with Gasteiger partial charge in [0, 0.05) is 19.3 Å². The molecule has 0 aliphatic rings. The van der Waals surface area contributed by atoms with E-state index >= 15 is 0 Å². The lowest BCUT2D eigenvalue weighted by Gasteiger charge is -2.18. The third kappa shape index (κ3) is 11.1. The minimum Gasteiger partial charge on any atom is -0.481 e. The van der Waals surface area contributed by atoms with Crippen LogP contribution in [0.25, 0.3) is 0 Å². The number of hydrogen-bond acceptors (Lipinski definition) is 8. The van der Waals surface area contributed by atoms with Crippen molar-refractivity contribution in [2.75, 3.05) is 19.8 Å². The lowest BCUT2D eigenvalue weighted by Crippen LogP contribution is -2.27. The summed E-state index contributed by atoms with van der Waals surface area (Å²) in [6, 6.07) is 5.50. The average Bonchev–Trinajstić information content (AvgIpc) is 2.73. The second-order valence-corrected chi connectivity index (χ2v) is 6.85. The van der Waals surface area contributed by atoms with Crippen LogP contribution in [0.3, 0.4) is 0 Å². The number of aliphatic hydroxyl groups excluding tert-OH is 1. The van der Waals surface area contributed by atoms with E-state index in [0.29, 0.717) is 19.3 Å². The molecule has 0 spiro atoms. The van der Waals surface area contributed by atoms with Gasteiger partial charge in [-0.3, -0.25) is 9.59 Å². The van der Waals surface area contributed by atoms with Crippen molar-refractivity contribution in [3.63, 3.8) is 0 Å². The van der Waals surface area contributed by atoms with Gasteiger partial charge in [0.25, 0.3) is 0 Å². The summed E-state index contributed by atoms with van der Waals surface area (Å²) in [5.41, 5.74) is 0.101. The van der Waals surface area contributed by atoms with Crippen LogP contribution in [0, 0.1) is 0 Å². The first-order valence-corrected chi connectivity index (χ1v) is 9.87. The zero-order valence-electron chi connectivity index (χ0n) is 17.3. The fourth-order valence-electron chi connectivity index (χ4n) is 2.45. The molecule has 0 saturated carbocycles. The van der Waals surface area contributed by atoms with E-state index in [0.717, 1.165) is 0 Å². The van der Waals surface area contributed by atoms with Gasteiger partial charge < -0.3 is 29.5 Å². The van der Waals surface area contributed by atoms with E-state index in [4.69, 9.17) is 24.4 Å². The molecule has 10 heteroatoms. The first-order chi connectivity index (χ1) is 14.7. The fraction of sp³-hybridized carbons (Fsp3) is 0.524. The van der Waals surface area contributed by atoms with Gasteiger partial charge in [-0.05, 0) is 38.0 Å². The van der Waals surface area contributed by atoms with Gasteiger partial charge in [0.05, 0.1) is 24.3 Å². The van der Waals surface area contributed by atoms with E-state index in [1.807, 2.05) is 0 Å². The number of aromatic carboxylic acids is 1. The Balaban J connectivity index is 2.29. The number of hydrogen-bond donors (Lipinski definition) is 3. The fourth-order valence-corrected chi connectivity index (χ4v) is 2.45. The van der Waals surface area contributed by atoms with Crippen LogP contribution in [0.5, 0.6) is 0 Å². The Bertz CT molecular complexity index is 745. The van der Waals surface area contributed by atoms with Crippen molar-refractivity contribution in [2.45, 2.75) is 51.2 Å². The zero-order valence-corrected chi connectivity index (χ0v) is 17.3. The molecular formula is C21H28O10. The van der Waals surface area contributed by atoms with Crippen molar-refractivity contribution in [1.29, 1.82) is 0 Å².